The van der Waals surface area contributed by atoms with Crippen LogP contribution in [0.5, 0.6) is 0 Å². The fourth-order valence-corrected chi connectivity index (χ4v) is 2.90. The molecule has 1 aromatic carbocycles. The average Bonchev–Trinajstić information content (AvgIpc) is 3.36. The average molecular weight is 328 g/mol. The molecular weight excluding hydrogens is 309 g/mol. The van der Waals surface area contributed by atoms with Crippen LogP contribution in [0.25, 0.3) is 0 Å². The number of benzene rings is 1. The van der Waals surface area contributed by atoms with Crippen molar-refractivity contribution in [1.82, 2.24) is 4.90 Å². The standard InChI is InChI=1S/C16H19F3N2O2/c17-16(18,19)12-3-1-2-4-13(12)20-15(23)21(11-7-8-11)14(9-22)10-5-6-10/h1-4,10-11,14,22H,5-9H2,(H,20,23). The third kappa shape index (κ3) is 3.60. The van der Waals surface area contributed by atoms with Crippen molar-refractivity contribution in [3.05, 3.63) is 29.8 Å². The van der Waals surface area contributed by atoms with Crippen LogP contribution >= 0.6 is 0 Å². The van der Waals surface area contributed by atoms with Gasteiger partial charge in [0, 0.05) is 6.04 Å². The second kappa shape index (κ2) is 6.03. The molecule has 0 spiro atoms. The number of para-hydroxylation sites is 1. The second-order valence-electron chi connectivity index (χ2n) is 6.20. The summed E-state index contributed by atoms with van der Waals surface area (Å²) in [5.41, 5.74) is -1.11. The fraction of sp³-hybridized carbons (Fsp3) is 0.562. The number of hydrogen-bond acceptors (Lipinski definition) is 2. The Morgan fingerprint density at radius 2 is 1.91 bits per heavy atom. The molecule has 2 N–H and O–H groups in total. The molecule has 0 saturated heterocycles. The maximum atomic E-state index is 13.0. The van der Waals surface area contributed by atoms with E-state index in [2.05, 4.69) is 5.32 Å². The molecule has 4 nitrogen and oxygen atoms in total. The van der Waals surface area contributed by atoms with Crippen molar-refractivity contribution in [3.8, 4) is 0 Å². The first-order chi connectivity index (χ1) is 10.9. The van der Waals surface area contributed by atoms with Gasteiger partial charge < -0.3 is 15.3 Å². The summed E-state index contributed by atoms with van der Waals surface area (Å²) in [6.07, 6.45) is -0.974. The molecule has 7 heteroatoms. The SMILES string of the molecule is O=C(Nc1ccccc1C(F)(F)F)N(C1CC1)C(CO)C1CC1. The molecule has 2 aliphatic rings. The highest BCUT2D eigenvalue weighted by atomic mass is 19.4. The summed E-state index contributed by atoms with van der Waals surface area (Å²) in [5.74, 6) is 0.254. The molecule has 2 aliphatic carbocycles. The molecule has 1 atom stereocenters. The smallest absolute Gasteiger partial charge is 0.394 e. The van der Waals surface area contributed by atoms with Crippen LogP contribution in [0, 0.1) is 5.92 Å². The van der Waals surface area contributed by atoms with E-state index in [1.54, 1.807) is 4.90 Å². The molecule has 23 heavy (non-hydrogen) atoms. The zero-order valence-electron chi connectivity index (χ0n) is 12.5. The van der Waals surface area contributed by atoms with Gasteiger partial charge in [-0.05, 0) is 43.7 Å². The van der Waals surface area contributed by atoms with Crippen molar-refractivity contribution in [2.75, 3.05) is 11.9 Å². The highest BCUT2D eigenvalue weighted by Crippen LogP contribution is 2.40. The molecule has 1 aromatic rings. The minimum absolute atomic E-state index is 0.0193. The lowest BCUT2D eigenvalue weighted by Gasteiger charge is -2.31. The molecule has 2 saturated carbocycles. The molecular formula is C16H19F3N2O2. The first kappa shape index (κ1) is 16.1. The van der Waals surface area contributed by atoms with Crippen LogP contribution in [0.4, 0.5) is 23.7 Å². The number of halogens is 3. The number of carbonyl (C=O) groups excluding carboxylic acids is 1. The molecule has 0 bridgehead atoms. The van der Waals surface area contributed by atoms with Crippen LogP contribution in [0.15, 0.2) is 24.3 Å². The molecule has 3 rings (SSSR count). The minimum Gasteiger partial charge on any atom is -0.394 e. The number of carbonyl (C=O) groups is 1. The van der Waals surface area contributed by atoms with Crippen LogP contribution in [-0.2, 0) is 6.18 Å². The van der Waals surface area contributed by atoms with Crippen LogP contribution in [0.3, 0.4) is 0 Å². The highest BCUT2D eigenvalue weighted by molar-refractivity contribution is 5.91. The molecule has 0 aliphatic heterocycles. The number of anilines is 1. The second-order valence-corrected chi connectivity index (χ2v) is 6.20. The van der Waals surface area contributed by atoms with Gasteiger partial charge in [0.05, 0.1) is 23.9 Å². The molecule has 2 amide bonds. The Kier molecular flexibility index (Phi) is 4.23. The molecule has 0 heterocycles. The molecule has 1 unspecified atom stereocenters. The predicted molar refractivity (Wildman–Crippen MR) is 78.9 cm³/mol. The molecule has 2 fully saturated rings. The lowest BCUT2D eigenvalue weighted by atomic mass is 10.1. The van der Waals surface area contributed by atoms with Gasteiger partial charge >= 0.3 is 12.2 Å². The van der Waals surface area contributed by atoms with E-state index < -0.39 is 17.8 Å². The lowest BCUT2D eigenvalue weighted by Crippen LogP contribution is -2.47. The summed E-state index contributed by atoms with van der Waals surface area (Å²) in [7, 11) is 0. The van der Waals surface area contributed by atoms with Crippen molar-refractivity contribution in [3.63, 3.8) is 0 Å². The first-order valence-corrected chi connectivity index (χ1v) is 7.78. The Bertz CT molecular complexity index is 583. The van der Waals surface area contributed by atoms with Gasteiger partial charge in [-0.15, -0.1) is 0 Å². The number of amides is 2. The normalized spacial score (nSPS) is 19.3. The summed E-state index contributed by atoms with van der Waals surface area (Å²) in [6, 6.07) is 4.09. The molecule has 0 aromatic heterocycles. The number of aliphatic hydroxyl groups is 1. The Hall–Kier alpha value is -1.76. The zero-order valence-corrected chi connectivity index (χ0v) is 12.5. The maximum Gasteiger partial charge on any atom is 0.418 e. The number of rotatable bonds is 5. The summed E-state index contributed by atoms with van der Waals surface area (Å²) in [5, 5.41) is 12.0. The van der Waals surface area contributed by atoms with Gasteiger partial charge in [-0.25, -0.2) is 4.79 Å². The quantitative estimate of drug-likeness (QED) is 0.869. The number of aliphatic hydroxyl groups excluding tert-OH is 1. The Labute approximate surface area is 132 Å². The Morgan fingerprint density at radius 1 is 1.26 bits per heavy atom. The first-order valence-electron chi connectivity index (χ1n) is 7.78. The minimum atomic E-state index is -4.53. The number of hydrogen-bond donors (Lipinski definition) is 2. The van der Waals surface area contributed by atoms with E-state index >= 15 is 0 Å². The fourth-order valence-electron chi connectivity index (χ4n) is 2.90. The van der Waals surface area contributed by atoms with Crippen molar-refractivity contribution in [2.24, 2.45) is 5.92 Å². The zero-order chi connectivity index (χ0) is 16.6. The Balaban J connectivity index is 1.80. The summed E-state index contributed by atoms with van der Waals surface area (Å²) in [4.78, 5) is 14.1. The molecule has 126 valence electrons. The number of urea groups is 1. The topological polar surface area (TPSA) is 52.6 Å². The third-order valence-electron chi connectivity index (χ3n) is 4.36. The van der Waals surface area contributed by atoms with E-state index in [9.17, 15) is 23.1 Å². The number of alkyl halides is 3. The van der Waals surface area contributed by atoms with Crippen LogP contribution < -0.4 is 5.32 Å². The van der Waals surface area contributed by atoms with Gasteiger partial charge in [0.15, 0.2) is 0 Å². The van der Waals surface area contributed by atoms with Crippen molar-refractivity contribution < 1.29 is 23.1 Å². The van der Waals surface area contributed by atoms with Gasteiger partial charge in [-0.1, -0.05) is 12.1 Å². The summed E-state index contributed by atoms with van der Waals surface area (Å²) < 4.78 is 39.1. The van der Waals surface area contributed by atoms with Crippen LogP contribution in [0.2, 0.25) is 0 Å². The molecule has 0 radical (unpaired) electrons. The van der Waals surface area contributed by atoms with E-state index in [4.69, 9.17) is 0 Å². The van der Waals surface area contributed by atoms with Gasteiger partial charge in [-0.3, -0.25) is 0 Å². The number of nitrogens with one attached hydrogen (secondary N) is 1. The third-order valence-corrected chi connectivity index (χ3v) is 4.36. The van der Waals surface area contributed by atoms with E-state index in [0.717, 1.165) is 31.7 Å². The van der Waals surface area contributed by atoms with Crippen LogP contribution in [0.1, 0.15) is 31.2 Å². The van der Waals surface area contributed by atoms with Crippen molar-refractivity contribution >= 4 is 11.7 Å². The summed E-state index contributed by atoms with van der Waals surface area (Å²) in [6.45, 7) is -0.157. The van der Waals surface area contributed by atoms with E-state index in [-0.39, 0.29) is 30.3 Å². The maximum absolute atomic E-state index is 13.0. The van der Waals surface area contributed by atoms with Crippen LogP contribution in [-0.4, -0.2) is 34.7 Å². The highest BCUT2D eigenvalue weighted by Gasteiger charge is 2.44. The van der Waals surface area contributed by atoms with Gasteiger partial charge in [0.1, 0.15) is 0 Å². The predicted octanol–water partition coefficient (Wildman–Crippen LogP) is 3.47. The van der Waals surface area contributed by atoms with Gasteiger partial charge in [0.2, 0.25) is 0 Å². The monoisotopic (exact) mass is 328 g/mol. The Morgan fingerprint density at radius 3 is 2.43 bits per heavy atom. The van der Waals surface area contributed by atoms with E-state index in [1.807, 2.05) is 0 Å². The largest absolute Gasteiger partial charge is 0.418 e. The summed E-state index contributed by atoms with van der Waals surface area (Å²) >= 11 is 0. The van der Waals surface area contributed by atoms with Gasteiger partial charge in [0.25, 0.3) is 0 Å². The van der Waals surface area contributed by atoms with Gasteiger partial charge in [-0.2, -0.15) is 13.2 Å². The lowest BCUT2D eigenvalue weighted by molar-refractivity contribution is -0.136. The van der Waals surface area contributed by atoms with Crippen molar-refractivity contribution in [2.45, 2.75) is 43.9 Å². The van der Waals surface area contributed by atoms with Crippen molar-refractivity contribution in [1.29, 1.82) is 0 Å². The van der Waals surface area contributed by atoms with E-state index in [1.165, 1.54) is 18.2 Å². The van der Waals surface area contributed by atoms with E-state index in [0.29, 0.717) is 0 Å². The number of nitrogens with zero attached hydrogens (tertiary/aromatic N) is 1.